The second kappa shape index (κ2) is 9.55. The third-order valence-electron chi connectivity index (χ3n) is 4.28. The zero-order valence-corrected chi connectivity index (χ0v) is 16.2. The first-order chi connectivity index (χ1) is 14.4. The number of benzene rings is 2. The molecular formula is C21H21N3O6. The zero-order chi connectivity index (χ0) is 21.5. The lowest BCUT2D eigenvalue weighted by Gasteiger charge is -2.35. The molecule has 2 amide bonds. The van der Waals surface area contributed by atoms with Gasteiger partial charge in [0.2, 0.25) is 12.1 Å². The van der Waals surface area contributed by atoms with Crippen molar-refractivity contribution in [3.05, 3.63) is 65.7 Å². The van der Waals surface area contributed by atoms with E-state index in [9.17, 15) is 19.2 Å². The molecule has 30 heavy (non-hydrogen) atoms. The lowest BCUT2D eigenvalue weighted by molar-refractivity contribution is -0.164. The number of hydrogen-bond acceptors (Lipinski definition) is 7. The number of β-lactam (4-membered cyclic amide) rings is 1. The van der Waals surface area contributed by atoms with Gasteiger partial charge in [-0.2, -0.15) is 0 Å². The average molecular weight is 411 g/mol. The predicted octanol–water partition coefficient (Wildman–Crippen LogP) is 0.959. The van der Waals surface area contributed by atoms with Crippen molar-refractivity contribution < 1.29 is 28.7 Å². The van der Waals surface area contributed by atoms with Crippen molar-refractivity contribution in [1.82, 2.24) is 10.6 Å². The summed E-state index contributed by atoms with van der Waals surface area (Å²) in [5.74, 6) is -2.05. The summed E-state index contributed by atoms with van der Waals surface area (Å²) in [5.41, 5.74) is 1.55. The highest BCUT2D eigenvalue weighted by Gasteiger charge is 2.42. The standard InChI is InChI=1S/C21H21N3O6/c1-13(25)30-20-18(19(27)24-20)23-17(26)11-22-16-10-6-5-9-15(16)21(28)29-12-14-7-3-2-4-8-14/h2-10,18,20,22H,11-12H2,1H3,(H,23,26)(H,24,27)/t18-,20+/m1/s1. The molecule has 0 radical (unpaired) electrons. The van der Waals surface area contributed by atoms with Gasteiger partial charge in [0.1, 0.15) is 6.61 Å². The summed E-state index contributed by atoms with van der Waals surface area (Å²) in [6, 6.07) is 15.0. The van der Waals surface area contributed by atoms with Crippen LogP contribution in [0.4, 0.5) is 5.69 Å². The number of carbonyl (C=O) groups is 4. The van der Waals surface area contributed by atoms with Crippen LogP contribution in [0.25, 0.3) is 0 Å². The number of amides is 2. The average Bonchev–Trinajstić information content (AvgIpc) is 2.75. The molecule has 2 atom stereocenters. The van der Waals surface area contributed by atoms with E-state index in [0.29, 0.717) is 5.69 Å². The summed E-state index contributed by atoms with van der Waals surface area (Å²) in [4.78, 5) is 47.2. The number of anilines is 1. The van der Waals surface area contributed by atoms with Gasteiger partial charge in [-0.25, -0.2) is 4.79 Å². The molecule has 1 aliphatic heterocycles. The molecule has 9 nitrogen and oxygen atoms in total. The van der Waals surface area contributed by atoms with Gasteiger partial charge >= 0.3 is 11.9 Å². The van der Waals surface area contributed by atoms with Crippen molar-refractivity contribution in [2.45, 2.75) is 25.8 Å². The van der Waals surface area contributed by atoms with Gasteiger partial charge in [-0.15, -0.1) is 0 Å². The maximum absolute atomic E-state index is 12.4. The zero-order valence-electron chi connectivity index (χ0n) is 16.2. The van der Waals surface area contributed by atoms with Gasteiger partial charge in [-0.1, -0.05) is 42.5 Å². The highest BCUT2D eigenvalue weighted by atomic mass is 16.6. The molecule has 2 aromatic carbocycles. The van der Waals surface area contributed by atoms with Crippen molar-refractivity contribution in [3.63, 3.8) is 0 Å². The van der Waals surface area contributed by atoms with Gasteiger partial charge in [-0.3, -0.25) is 14.4 Å². The van der Waals surface area contributed by atoms with Gasteiger partial charge in [-0.05, 0) is 17.7 Å². The topological polar surface area (TPSA) is 123 Å². The molecule has 2 aromatic rings. The second-order valence-corrected chi connectivity index (χ2v) is 6.54. The minimum absolute atomic E-state index is 0.128. The van der Waals surface area contributed by atoms with Crippen molar-refractivity contribution in [1.29, 1.82) is 0 Å². The Morgan fingerprint density at radius 2 is 1.73 bits per heavy atom. The van der Waals surface area contributed by atoms with E-state index in [-0.39, 0.29) is 18.7 Å². The first kappa shape index (κ1) is 20.8. The largest absolute Gasteiger partial charge is 0.457 e. The number of esters is 2. The fourth-order valence-corrected chi connectivity index (χ4v) is 2.79. The van der Waals surface area contributed by atoms with Crippen molar-refractivity contribution in [3.8, 4) is 0 Å². The molecule has 1 aliphatic rings. The molecule has 0 saturated carbocycles. The van der Waals surface area contributed by atoms with E-state index in [1.165, 1.54) is 6.92 Å². The monoisotopic (exact) mass is 411 g/mol. The molecule has 1 fully saturated rings. The Morgan fingerprint density at radius 1 is 1.03 bits per heavy atom. The van der Waals surface area contributed by atoms with E-state index in [4.69, 9.17) is 9.47 Å². The van der Waals surface area contributed by atoms with Crippen LogP contribution in [-0.4, -0.2) is 42.6 Å². The fourth-order valence-electron chi connectivity index (χ4n) is 2.79. The van der Waals surface area contributed by atoms with Crippen LogP contribution < -0.4 is 16.0 Å². The van der Waals surface area contributed by atoms with Gasteiger partial charge in [0.25, 0.3) is 5.91 Å². The van der Waals surface area contributed by atoms with Crippen LogP contribution in [0.15, 0.2) is 54.6 Å². The molecule has 0 aromatic heterocycles. The first-order valence-electron chi connectivity index (χ1n) is 9.25. The number of rotatable bonds is 8. The minimum atomic E-state index is -0.950. The van der Waals surface area contributed by atoms with E-state index in [2.05, 4.69) is 16.0 Å². The van der Waals surface area contributed by atoms with Crippen molar-refractivity contribution >= 4 is 29.4 Å². The number of ether oxygens (including phenoxy) is 2. The van der Waals surface area contributed by atoms with Crippen LogP contribution in [-0.2, 0) is 30.5 Å². The molecule has 3 N–H and O–H groups in total. The van der Waals surface area contributed by atoms with E-state index in [1.807, 2.05) is 30.3 Å². The lowest BCUT2D eigenvalue weighted by Crippen LogP contribution is -2.70. The number of nitrogens with one attached hydrogen (secondary N) is 3. The Morgan fingerprint density at radius 3 is 2.43 bits per heavy atom. The molecule has 0 bridgehead atoms. The summed E-state index contributed by atoms with van der Waals surface area (Å²) in [6.45, 7) is 1.14. The molecule has 0 spiro atoms. The smallest absolute Gasteiger partial charge is 0.340 e. The van der Waals surface area contributed by atoms with E-state index in [0.717, 1.165) is 5.56 Å². The van der Waals surface area contributed by atoms with Crippen LogP contribution >= 0.6 is 0 Å². The molecular weight excluding hydrogens is 390 g/mol. The molecule has 1 heterocycles. The molecule has 156 valence electrons. The molecule has 1 saturated heterocycles. The Bertz CT molecular complexity index is 947. The SMILES string of the molecule is CC(=O)O[C@@H]1NC(=O)[C@H]1NC(=O)CNc1ccccc1C(=O)OCc1ccccc1. The summed E-state index contributed by atoms with van der Waals surface area (Å²) < 4.78 is 10.2. The van der Waals surface area contributed by atoms with E-state index < -0.39 is 36.0 Å². The van der Waals surface area contributed by atoms with Crippen LogP contribution in [0.5, 0.6) is 0 Å². The van der Waals surface area contributed by atoms with Gasteiger partial charge in [0.15, 0.2) is 6.04 Å². The first-order valence-corrected chi connectivity index (χ1v) is 9.25. The van der Waals surface area contributed by atoms with Gasteiger partial charge < -0.3 is 25.4 Å². The Kier molecular flexibility index (Phi) is 6.63. The van der Waals surface area contributed by atoms with E-state index in [1.54, 1.807) is 24.3 Å². The molecule has 0 unspecified atom stereocenters. The molecule has 0 aliphatic carbocycles. The van der Waals surface area contributed by atoms with Crippen LogP contribution in [0.1, 0.15) is 22.8 Å². The highest BCUT2D eigenvalue weighted by Crippen LogP contribution is 2.17. The lowest BCUT2D eigenvalue weighted by atomic mass is 10.1. The van der Waals surface area contributed by atoms with Crippen molar-refractivity contribution in [2.24, 2.45) is 0 Å². The Balaban J connectivity index is 1.54. The fraction of sp³-hybridized carbons (Fsp3) is 0.238. The summed E-state index contributed by atoms with van der Waals surface area (Å²) >= 11 is 0. The van der Waals surface area contributed by atoms with Crippen LogP contribution in [0.3, 0.4) is 0 Å². The normalized spacial score (nSPS) is 17.2. The predicted molar refractivity (Wildman–Crippen MR) is 106 cm³/mol. The highest BCUT2D eigenvalue weighted by molar-refractivity contribution is 5.97. The van der Waals surface area contributed by atoms with E-state index >= 15 is 0 Å². The van der Waals surface area contributed by atoms with Crippen LogP contribution in [0, 0.1) is 0 Å². The summed E-state index contributed by atoms with van der Waals surface area (Å²) in [5, 5.41) is 7.72. The maximum atomic E-state index is 12.4. The number of para-hydroxylation sites is 1. The number of hydrogen-bond donors (Lipinski definition) is 3. The second-order valence-electron chi connectivity index (χ2n) is 6.54. The summed E-state index contributed by atoms with van der Waals surface area (Å²) in [7, 11) is 0. The Hall–Kier alpha value is -3.88. The molecule has 3 rings (SSSR count). The van der Waals surface area contributed by atoms with Crippen molar-refractivity contribution in [2.75, 3.05) is 11.9 Å². The third-order valence-corrected chi connectivity index (χ3v) is 4.28. The van der Waals surface area contributed by atoms with Gasteiger partial charge in [0.05, 0.1) is 12.1 Å². The Labute approximate surface area is 172 Å². The number of carbonyl (C=O) groups excluding carboxylic acids is 4. The molecule has 9 heteroatoms. The summed E-state index contributed by atoms with van der Waals surface area (Å²) in [6.07, 6.45) is -0.890. The van der Waals surface area contributed by atoms with Gasteiger partial charge in [0, 0.05) is 12.6 Å². The minimum Gasteiger partial charge on any atom is -0.457 e. The maximum Gasteiger partial charge on any atom is 0.340 e. The third kappa shape index (κ3) is 5.34. The van der Waals surface area contributed by atoms with Crippen LogP contribution in [0.2, 0.25) is 0 Å². The quantitative estimate of drug-likeness (QED) is 0.437.